The van der Waals surface area contributed by atoms with Crippen LogP contribution < -0.4 is 0 Å². The molecule has 0 saturated heterocycles. The molecule has 3 heterocycles. The maximum atomic E-state index is 5.45. The first-order valence-electron chi connectivity index (χ1n) is 17.4. The predicted molar refractivity (Wildman–Crippen MR) is 222 cm³/mol. The van der Waals surface area contributed by atoms with Gasteiger partial charge in [-0.25, -0.2) is 15.0 Å². The lowest BCUT2D eigenvalue weighted by molar-refractivity contribution is 1.08. The second kappa shape index (κ2) is 11.6. The second-order valence-corrected chi connectivity index (χ2v) is 15.3. The number of thiophene rings is 2. The molecule has 0 aliphatic carbocycles. The summed E-state index contributed by atoms with van der Waals surface area (Å²) in [6.45, 7) is 0. The Labute approximate surface area is 307 Å². The lowest BCUT2D eigenvalue weighted by Gasteiger charge is -2.13. The number of nitrogens with zero attached hydrogens (tertiary/aromatic N) is 3. The van der Waals surface area contributed by atoms with E-state index in [0.29, 0.717) is 17.5 Å². The molecular weight excluding hydrogens is 671 g/mol. The zero-order valence-corrected chi connectivity index (χ0v) is 29.4. The van der Waals surface area contributed by atoms with Crippen molar-refractivity contribution in [2.75, 3.05) is 0 Å². The third kappa shape index (κ3) is 4.60. The normalized spacial score (nSPS) is 11.8. The van der Waals surface area contributed by atoms with Gasteiger partial charge in [0.05, 0.1) is 0 Å². The van der Waals surface area contributed by atoms with Crippen LogP contribution in [0.5, 0.6) is 0 Å². The first kappa shape index (κ1) is 29.5. The van der Waals surface area contributed by atoms with Crippen molar-refractivity contribution in [3.05, 3.63) is 164 Å². The van der Waals surface area contributed by atoms with E-state index in [2.05, 4.69) is 164 Å². The van der Waals surface area contributed by atoms with Crippen molar-refractivity contribution in [2.24, 2.45) is 0 Å². The molecule has 52 heavy (non-hydrogen) atoms. The Morgan fingerprint density at radius 3 is 1.35 bits per heavy atom. The van der Waals surface area contributed by atoms with Crippen LogP contribution in [0.2, 0.25) is 0 Å². The number of rotatable bonds is 4. The monoisotopic (exact) mass is 697 g/mol. The summed E-state index contributed by atoms with van der Waals surface area (Å²) in [4.78, 5) is 16.2. The lowest BCUT2D eigenvalue weighted by atomic mass is 9.98. The van der Waals surface area contributed by atoms with Gasteiger partial charge in [-0.05, 0) is 63.0 Å². The minimum Gasteiger partial charge on any atom is -0.208 e. The van der Waals surface area contributed by atoms with Gasteiger partial charge < -0.3 is 0 Å². The van der Waals surface area contributed by atoms with E-state index in [1.54, 1.807) is 0 Å². The number of hydrogen-bond acceptors (Lipinski definition) is 5. The molecule has 0 bridgehead atoms. The second-order valence-electron chi connectivity index (χ2n) is 13.1. The number of aromatic nitrogens is 3. The molecule has 0 saturated carbocycles. The zero-order valence-electron chi connectivity index (χ0n) is 27.7. The van der Waals surface area contributed by atoms with E-state index >= 15 is 0 Å². The first-order valence-corrected chi connectivity index (χ1v) is 19.0. The Morgan fingerprint density at radius 1 is 0.327 bits per heavy atom. The molecule has 0 atom stereocenters. The number of fused-ring (bicyclic) bond motifs is 10. The van der Waals surface area contributed by atoms with E-state index < -0.39 is 0 Å². The molecule has 0 N–H and O–H groups in total. The van der Waals surface area contributed by atoms with Gasteiger partial charge in [-0.2, -0.15) is 0 Å². The summed E-state index contributed by atoms with van der Waals surface area (Å²) in [7, 11) is 0. The molecule has 0 fully saturated rings. The summed E-state index contributed by atoms with van der Waals surface area (Å²) >= 11 is 3.67. The molecule has 0 amide bonds. The molecule has 5 heteroatoms. The highest BCUT2D eigenvalue weighted by Gasteiger charge is 2.22. The molecule has 11 rings (SSSR count). The summed E-state index contributed by atoms with van der Waals surface area (Å²) in [5.74, 6) is 2.00. The van der Waals surface area contributed by atoms with Gasteiger partial charge in [-0.3, -0.25) is 0 Å². The van der Waals surface area contributed by atoms with Gasteiger partial charge >= 0.3 is 0 Å². The fourth-order valence-electron chi connectivity index (χ4n) is 7.69. The van der Waals surface area contributed by atoms with Crippen molar-refractivity contribution in [1.82, 2.24) is 15.0 Å². The Hall–Kier alpha value is -6.27. The van der Waals surface area contributed by atoms with Crippen LogP contribution in [0, 0.1) is 0 Å². The molecule has 3 nitrogen and oxygen atoms in total. The fourth-order valence-corrected chi connectivity index (χ4v) is 10.2. The average molecular weight is 698 g/mol. The largest absolute Gasteiger partial charge is 0.208 e. The summed E-state index contributed by atoms with van der Waals surface area (Å²) in [5, 5.41) is 9.63. The number of benzene rings is 8. The lowest BCUT2D eigenvalue weighted by Crippen LogP contribution is -2.01. The van der Waals surface area contributed by atoms with Gasteiger partial charge in [0.1, 0.15) is 0 Å². The Kier molecular flexibility index (Phi) is 6.59. The maximum Gasteiger partial charge on any atom is 0.164 e. The van der Waals surface area contributed by atoms with Crippen LogP contribution in [0.4, 0.5) is 0 Å². The Balaban J connectivity index is 1.26. The minimum absolute atomic E-state index is 0.652. The van der Waals surface area contributed by atoms with Gasteiger partial charge in [0.25, 0.3) is 0 Å². The van der Waals surface area contributed by atoms with E-state index in [1.807, 2.05) is 22.7 Å². The van der Waals surface area contributed by atoms with Crippen molar-refractivity contribution in [1.29, 1.82) is 0 Å². The van der Waals surface area contributed by atoms with Crippen LogP contribution in [0.1, 0.15) is 0 Å². The third-order valence-corrected chi connectivity index (χ3v) is 12.5. The SMILES string of the molecule is c1ccc(-c2cccc(-c3nc(-c4cc5ccccc5c5sc6ccccc6c45)nc(-c4cc5ccccc5c5sc6ccccc6c45)n3)c2)cc1. The van der Waals surface area contributed by atoms with Crippen LogP contribution >= 0.6 is 22.7 Å². The van der Waals surface area contributed by atoms with Crippen molar-refractivity contribution in [3.63, 3.8) is 0 Å². The summed E-state index contributed by atoms with van der Waals surface area (Å²) in [5.41, 5.74) is 5.26. The van der Waals surface area contributed by atoms with Gasteiger partial charge in [0, 0.05) is 57.0 Å². The van der Waals surface area contributed by atoms with Crippen LogP contribution in [0.25, 0.3) is 107 Å². The highest BCUT2D eigenvalue weighted by Crippen LogP contribution is 2.46. The van der Waals surface area contributed by atoms with Crippen LogP contribution in [-0.2, 0) is 0 Å². The zero-order chi connectivity index (χ0) is 34.2. The van der Waals surface area contributed by atoms with Crippen molar-refractivity contribution < 1.29 is 0 Å². The Morgan fingerprint density at radius 2 is 0.769 bits per heavy atom. The van der Waals surface area contributed by atoms with Crippen LogP contribution in [0.15, 0.2) is 164 Å². The van der Waals surface area contributed by atoms with Gasteiger partial charge in [-0.15, -0.1) is 22.7 Å². The van der Waals surface area contributed by atoms with Crippen molar-refractivity contribution in [2.45, 2.75) is 0 Å². The standard InChI is InChI=1S/C47H27N3S2/c1-2-13-28(14-3-1)29-17-12-18-32(25-29)45-48-46(37-26-30-15-4-6-19-33(30)43-41(37)35-21-8-10-23-39(35)51-43)50-47(49-45)38-27-31-16-5-7-20-34(31)44-42(38)36-22-9-11-24-40(36)52-44/h1-27H. The number of hydrogen-bond donors (Lipinski definition) is 0. The topological polar surface area (TPSA) is 38.7 Å². The fraction of sp³-hybridized carbons (Fsp3) is 0. The Bertz CT molecular complexity index is 3020. The summed E-state index contributed by atoms with van der Waals surface area (Å²) in [6.07, 6.45) is 0. The average Bonchev–Trinajstić information content (AvgIpc) is 3.81. The van der Waals surface area contributed by atoms with Gasteiger partial charge in [-0.1, -0.05) is 133 Å². The van der Waals surface area contributed by atoms with Gasteiger partial charge in [0.2, 0.25) is 0 Å². The van der Waals surface area contributed by atoms with Crippen molar-refractivity contribution >= 4 is 84.6 Å². The summed E-state index contributed by atoms with van der Waals surface area (Å²) < 4.78 is 5.00. The van der Waals surface area contributed by atoms with Crippen LogP contribution in [-0.4, -0.2) is 15.0 Å². The van der Waals surface area contributed by atoms with E-state index in [-0.39, 0.29) is 0 Å². The van der Waals surface area contributed by atoms with E-state index in [1.165, 1.54) is 61.9 Å². The van der Waals surface area contributed by atoms with E-state index in [9.17, 15) is 0 Å². The maximum absolute atomic E-state index is 5.45. The molecule has 0 unspecified atom stereocenters. The minimum atomic E-state index is 0.652. The predicted octanol–water partition coefficient (Wildman–Crippen LogP) is 13.6. The smallest absolute Gasteiger partial charge is 0.164 e. The first-order chi connectivity index (χ1) is 25.8. The van der Waals surface area contributed by atoms with Crippen molar-refractivity contribution in [3.8, 4) is 45.3 Å². The summed E-state index contributed by atoms with van der Waals surface area (Å²) in [6, 6.07) is 58.3. The molecular formula is C47H27N3S2. The molecule has 0 spiro atoms. The van der Waals surface area contributed by atoms with E-state index in [0.717, 1.165) is 27.8 Å². The molecule has 0 radical (unpaired) electrons. The molecule has 8 aromatic carbocycles. The highest BCUT2D eigenvalue weighted by molar-refractivity contribution is 7.27. The highest BCUT2D eigenvalue weighted by atomic mass is 32.1. The quantitative estimate of drug-likeness (QED) is 0.184. The molecule has 0 aliphatic rings. The molecule has 0 aliphatic heterocycles. The molecule has 11 aromatic rings. The van der Waals surface area contributed by atoms with Gasteiger partial charge in [0.15, 0.2) is 17.5 Å². The third-order valence-electron chi connectivity index (χ3n) is 10.1. The van der Waals surface area contributed by atoms with Crippen LogP contribution in [0.3, 0.4) is 0 Å². The molecule has 3 aromatic heterocycles. The van der Waals surface area contributed by atoms with E-state index in [4.69, 9.17) is 15.0 Å². The molecule has 242 valence electrons.